The van der Waals surface area contributed by atoms with Crippen molar-refractivity contribution in [2.75, 3.05) is 38.8 Å². The van der Waals surface area contributed by atoms with Crippen LogP contribution in [0.3, 0.4) is 0 Å². The minimum absolute atomic E-state index is 0.0560. The summed E-state index contributed by atoms with van der Waals surface area (Å²) in [6.07, 6.45) is 3.90. The first-order valence-electron chi connectivity index (χ1n) is 11.7. The first kappa shape index (κ1) is 26.8. The third-order valence-electron chi connectivity index (χ3n) is 6.15. The molecule has 38 heavy (non-hydrogen) atoms. The van der Waals surface area contributed by atoms with Crippen LogP contribution in [0.15, 0.2) is 53.4 Å². The summed E-state index contributed by atoms with van der Waals surface area (Å²) in [6.45, 7) is 3.36. The number of carbonyl (C=O) groups excluding carboxylic acids is 1. The topological polar surface area (TPSA) is 135 Å². The number of sulfone groups is 1. The highest BCUT2D eigenvalue weighted by Gasteiger charge is 2.25. The zero-order valence-corrected chi connectivity index (χ0v) is 22.3. The number of amides is 1. The minimum atomic E-state index is -3.47. The van der Waals surface area contributed by atoms with Gasteiger partial charge >= 0.3 is 0 Å². The van der Waals surface area contributed by atoms with Crippen molar-refractivity contribution in [1.29, 1.82) is 5.26 Å². The molecule has 0 saturated carbocycles. The summed E-state index contributed by atoms with van der Waals surface area (Å²) in [6, 6.07) is 12.7. The van der Waals surface area contributed by atoms with E-state index in [1.165, 1.54) is 25.3 Å². The van der Waals surface area contributed by atoms with Crippen LogP contribution in [0, 0.1) is 18.3 Å². The third-order valence-corrected chi connectivity index (χ3v) is 7.26. The Labute approximate surface area is 221 Å². The molecule has 0 aliphatic carbocycles. The molecule has 0 atom stereocenters. The predicted octanol–water partition coefficient (Wildman–Crippen LogP) is 3.83. The lowest BCUT2D eigenvalue weighted by Crippen LogP contribution is -2.24. The summed E-state index contributed by atoms with van der Waals surface area (Å²) in [7, 11) is -0.000792. The lowest BCUT2D eigenvalue weighted by atomic mass is 9.98. The number of hydrogen-bond donors (Lipinski definition) is 1. The van der Waals surface area contributed by atoms with Crippen molar-refractivity contribution in [2.24, 2.45) is 0 Å². The molecule has 10 nitrogen and oxygen atoms in total. The number of ether oxygens (including phenoxy) is 2. The molecule has 0 bridgehead atoms. The quantitative estimate of drug-likeness (QED) is 0.481. The van der Waals surface area contributed by atoms with Crippen LogP contribution in [-0.2, 0) is 9.84 Å². The van der Waals surface area contributed by atoms with Crippen molar-refractivity contribution >= 4 is 27.0 Å². The highest BCUT2D eigenvalue weighted by molar-refractivity contribution is 7.90. The zero-order chi connectivity index (χ0) is 27.4. The van der Waals surface area contributed by atoms with Gasteiger partial charge in [-0.1, -0.05) is 12.1 Å². The average Bonchev–Trinajstić information content (AvgIpc) is 2.89. The molecule has 1 aromatic heterocycles. The van der Waals surface area contributed by atoms with Crippen molar-refractivity contribution in [3.8, 4) is 23.4 Å². The molecule has 2 heterocycles. The number of nitrogens with one attached hydrogen (secondary N) is 1. The number of rotatable bonds is 7. The standard InChI is InChI=1S/C27H27N5O5S/c1-17-24(26(33)29-20-6-5-7-21(15-20)38(4,34)35)27(31-30-25(17)19-10-12-32(2)13-11-19)37-22-9-8-18(16-28)14-23(22)36-3/h5-10,14-15H,11-13H2,1-4H3,(H,29,33). The van der Waals surface area contributed by atoms with Crippen LogP contribution < -0.4 is 14.8 Å². The van der Waals surface area contributed by atoms with Crippen molar-refractivity contribution in [2.45, 2.75) is 18.2 Å². The molecule has 1 amide bonds. The van der Waals surface area contributed by atoms with Gasteiger partial charge < -0.3 is 19.7 Å². The van der Waals surface area contributed by atoms with E-state index in [0.29, 0.717) is 22.5 Å². The number of hydrogen-bond acceptors (Lipinski definition) is 9. The highest BCUT2D eigenvalue weighted by Crippen LogP contribution is 2.35. The van der Waals surface area contributed by atoms with Gasteiger partial charge in [0.15, 0.2) is 21.3 Å². The summed E-state index contributed by atoms with van der Waals surface area (Å²) in [5.74, 6) is -0.0580. The molecule has 3 aromatic rings. The van der Waals surface area contributed by atoms with E-state index in [1.807, 2.05) is 13.1 Å². The second-order valence-corrected chi connectivity index (χ2v) is 10.9. The number of benzene rings is 2. The fraction of sp³-hybridized carbons (Fsp3) is 0.259. The molecule has 1 N–H and O–H groups in total. The predicted molar refractivity (Wildman–Crippen MR) is 142 cm³/mol. The van der Waals surface area contributed by atoms with Gasteiger partial charge in [-0.05, 0) is 61.9 Å². The third kappa shape index (κ3) is 5.82. The van der Waals surface area contributed by atoms with Gasteiger partial charge in [-0.25, -0.2) is 8.42 Å². The van der Waals surface area contributed by atoms with Crippen LogP contribution in [0.5, 0.6) is 17.4 Å². The first-order chi connectivity index (χ1) is 18.1. The molecule has 0 radical (unpaired) electrons. The van der Waals surface area contributed by atoms with Crippen molar-refractivity contribution in [1.82, 2.24) is 15.1 Å². The van der Waals surface area contributed by atoms with Gasteiger partial charge in [-0.2, -0.15) is 5.26 Å². The molecule has 1 aliphatic rings. The van der Waals surface area contributed by atoms with Crippen molar-refractivity contribution < 1.29 is 22.7 Å². The molecule has 11 heteroatoms. The number of nitrogens with zero attached hydrogens (tertiary/aromatic N) is 4. The summed E-state index contributed by atoms with van der Waals surface area (Å²) in [5, 5.41) is 20.6. The van der Waals surface area contributed by atoms with Crippen LogP contribution in [-0.4, -0.2) is 62.9 Å². The molecule has 0 saturated heterocycles. The Hall–Kier alpha value is -4.27. The number of aromatic nitrogens is 2. The number of anilines is 1. The summed E-state index contributed by atoms with van der Waals surface area (Å²) < 4.78 is 35.4. The van der Waals surface area contributed by atoms with Crippen LogP contribution in [0.25, 0.3) is 5.57 Å². The molecule has 2 aromatic carbocycles. The fourth-order valence-corrected chi connectivity index (χ4v) is 4.72. The lowest BCUT2D eigenvalue weighted by molar-refractivity contribution is 0.102. The average molecular weight is 534 g/mol. The number of carbonyl (C=O) groups is 1. The fourth-order valence-electron chi connectivity index (χ4n) is 4.05. The Morgan fingerprint density at radius 3 is 2.61 bits per heavy atom. The second kappa shape index (κ2) is 11.0. The number of nitriles is 1. The van der Waals surface area contributed by atoms with E-state index >= 15 is 0 Å². The Morgan fingerprint density at radius 2 is 1.95 bits per heavy atom. The van der Waals surface area contributed by atoms with E-state index in [4.69, 9.17) is 9.47 Å². The Morgan fingerprint density at radius 1 is 1.16 bits per heavy atom. The Bertz CT molecular complexity index is 1580. The molecule has 0 fully saturated rings. The maximum Gasteiger partial charge on any atom is 0.261 e. The SMILES string of the molecule is COc1cc(C#N)ccc1Oc1nnc(C2=CCN(C)CC2)c(C)c1C(=O)Nc1cccc(S(C)(=O)=O)c1. The van der Waals surface area contributed by atoms with Crippen LogP contribution in [0.1, 0.15) is 33.6 Å². The van der Waals surface area contributed by atoms with E-state index in [2.05, 4.69) is 26.5 Å². The molecule has 0 spiro atoms. The minimum Gasteiger partial charge on any atom is -0.493 e. The molecule has 196 valence electrons. The smallest absolute Gasteiger partial charge is 0.261 e. The Balaban J connectivity index is 1.78. The molecule has 4 rings (SSSR count). The molecular formula is C27H27N5O5S. The van der Waals surface area contributed by atoms with Gasteiger partial charge in [0.25, 0.3) is 11.8 Å². The van der Waals surface area contributed by atoms with Crippen LogP contribution >= 0.6 is 0 Å². The molecule has 1 aliphatic heterocycles. The summed E-state index contributed by atoms with van der Waals surface area (Å²) in [5.41, 5.74) is 2.96. The largest absolute Gasteiger partial charge is 0.493 e. The maximum atomic E-state index is 13.6. The van der Waals surface area contributed by atoms with Gasteiger partial charge in [0.2, 0.25) is 0 Å². The van der Waals surface area contributed by atoms with Gasteiger partial charge in [-0.15, -0.1) is 10.2 Å². The van der Waals surface area contributed by atoms with Crippen molar-refractivity contribution in [3.63, 3.8) is 0 Å². The summed E-state index contributed by atoms with van der Waals surface area (Å²) >= 11 is 0. The van der Waals surface area contributed by atoms with E-state index in [9.17, 15) is 18.5 Å². The van der Waals surface area contributed by atoms with E-state index in [-0.39, 0.29) is 27.8 Å². The van der Waals surface area contributed by atoms with Crippen molar-refractivity contribution in [3.05, 3.63) is 70.9 Å². The van der Waals surface area contributed by atoms with E-state index in [0.717, 1.165) is 31.3 Å². The second-order valence-electron chi connectivity index (χ2n) is 8.93. The molecular weight excluding hydrogens is 506 g/mol. The zero-order valence-electron chi connectivity index (χ0n) is 21.5. The normalized spacial score (nSPS) is 13.8. The summed E-state index contributed by atoms with van der Waals surface area (Å²) in [4.78, 5) is 15.9. The maximum absolute atomic E-state index is 13.6. The van der Waals surface area contributed by atoms with Crippen LogP contribution in [0.2, 0.25) is 0 Å². The van der Waals surface area contributed by atoms with Gasteiger partial charge in [0, 0.05) is 31.1 Å². The number of likely N-dealkylation sites (N-methyl/N-ethyl adjacent to an activating group) is 1. The van der Waals surface area contributed by atoms with E-state index in [1.54, 1.807) is 31.2 Å². The van der Waals surface area contributed by atoms with Gasteiger partial charge in [-0.3, -0.25) is 4.79 Å². The monoisotopic (exact) mass is 533 g/mol. The number of methoxy groups -OCH3 is 1. The highest BCUT2D eigenvalue weighted by atomic mass is 32.2. The Kier molecular flexibility index (Phi) is 7.75. The molecule has 0 unspecified atom stereocenters. The lowest BCUT2D eigenvalue weighted by Gasteiger charge is -2.23. The first-order valence-corrected chi connectivity index (χ1v) is 13.6. The van der Waals surface area contributed by atoms with Gasteiger partial charge in [0.1, 0.15) is 5.56 Å². The van der Waals surface area contributed by atoms with E-state index < -0.39 is 15.7 Å². The van der Waals surface area contributed by atoms with Crippen LogP contribution in [0.4, 0.5) is 5.69 Å². The van der Waals surface area contributed by atoms with Gasteiger partial charge in [0.05, 0.1) is 29.3 Å².